The highest BCUT2D eigenvalue weighted by Crippen LogP contribution is 2.17. The summed E-state index contributed by atoms with van der Waals surface area (Å²) in [5, 5.41) is 11.6. The number of aromatic nitrogens is 3. The minimum atomic E-state index is -0.304. The molecule has 2 heterocycles. The summed E-state index contributed by atoms with van der Waals surface area (Å²) in [7, 11) is 1.60. The molecular formula is C19H22N4O4. The third-order valence-corrected chi connectivity index (χ3v) is 4.37. The monoisotopic (exact) mass is 370 g/mol. The van der Waals surface area contributed by atoms with Gasteiger partial charge in [-0.05, 0) is 26.3 Å². The fourth-order valence-corrected chi connectivity index (χ4v) is 3.02. The predicted molar refractivity (Wildman–Crippen MR) is 99.6 cm³/mol. The van der Waals surface area contributed by atoms with Gasteiger partial charge in [0.25, 0.3) is 5.56 Å². The maximum atomic E-state index is 12.4. The molecule has 0 atom stereocenters. The van der Waals surface area contributed by atoms with Crippen LogP contribution < -0.4 is 15.6 Å². The number of para-hydroxylation sites is 1. The van der Waals surface area contributed by atoms with Gasteiger partial charge in [0.05, 0.1) is 18.2 Å². The number of nitrogens with one attached hydrogen (secondary N) is 1. The van der Waals surface area contributed by atoms with E-state index in [1.165, 1.54) is 4.68 Å². The number of hydrogen-bond acceptors (Lipinski definition) is 6. The molecule has 8 nitrogen and oxygen atoms in total. The number of rotatable bonds is 7. The van der Waals surface area contributed by atoms with Gasteiger partial charge in [-0.25, -0.2) is 4.68 Å². The van der Waals surface area contributed by atoms with Gasteiger partial charge in [-0.2, -0.15) is 5.10 Å². The summed E-state index contributed by atoms with van der Waals surface area (Å²) >= 11 is 0. The van der Waals surface area contributed by atoms with Crippen LogP contribution >= 0.6 is 0 Å². The van der Waals surface area contributed by atoms with E-state index in [0.717, 1.165) is 11.3 Å². The van der Waals surface area contributed by atoms with Crippen LogP contribution in [0.2, 0.25) is 0 Å². The highest BCUT2D eigenvalue weighted by molar-refractivity contribution is 5.81. The standard InChI is InChI=1S/C19H22N4O4/c1-12-17-13(2)27-22-18(17)19(25)23(21-12)10-6-9-16(24)20-11-14-7-4-5-8-15(14)26-3/h4-5,7-8H,6,9-11H2,1-3H3,(H,20,24). The Hall–Kier alpha value is -3.16. The van der Waals surface area contributed by atoms with E-state index in [4.69, 9.17) is 9.26 Å². The SMILES string of the molecule is COc1ccccc1CNC(=O)CCCn1nc(C)c2c(C)onc2c1=O. The van der Waals surface area contributed by atoms with E-state index in [-0.39, 0.29) is 23.4 Å². The van der Waals surface area contributed by atoms with Crippen LogP contribution in [-0.4, -0.2) is 28.0 Å². The lowest BCUT2D eigenvalue weighted by Crippen LogP contribution is -2.26. The van der Waals surface area contributed by atoms with Crippen LogP contribution in [0.3, 0.4) is 0 Å². The number of benzene rings is 1. The summed E-state index contributed by atoms with van der Waals surface area (Å²) in [6, 6.07) is 7.53. The van der Waals surface area contributed by atoms with E-state index in [0.29, 0.717) is 36.4 Å². The summed E-state index contributed by atoms with van der Waals surface area (Å²) in [5.41, 5.74) is 1.57. The quantitative estimate of drug-likeness (QED) is 0.684. The van der Waals surface area contributed by atoms with Crippen LogP contribution in [0.4, 0.5) is 0 Å². The van der Waals surface area contributed by atoms with Crippen LogP contribution in [0, 0.1) is 13.8 Å². The van der Waals surface area contributed by atoms with Gasteiger partial charge in [0, 0.05) is 25.1 Å². The van der Waals surface area contributed by atoms with Gasteiger partial charge in [-0.3, -0.25) is 9.59 Å². The highest BCUT2D eigenvalue weighted by Gasteiger charge is 2.15. The average Bonchev–Trinajstić information content (AvgIpc) is 3.06. The molecule has 8 heteroatoms. The number of carbonyl (C=O) groups is 1. The molecule has 0 saturated carbocycles. The third-order valence-electron chi connectivity index (χ3n) is 4.37. The largest absolute Gasteiger partial charge is 0.496 e. The molecule has 3 rings (SSSR count). The molecule has 2 aromatic heterocycles. The average molecular weight is 370 g/mol. The lowest BCUT2D eigenvalue weighted by molar-refractivity contribution is -0.121. The molecule has 0 aliphatic rings. The molecule has 27 heavy (non-hydrogen) atoms. The number of amides is 1. The van der Waals surface area contributed by atoms with Gasteiger partial charge in [0.1, 0.15) is 11.5 Å². The maximum absolute atomic E-state index is 12.4. The first-order valence-corrected chi connectivity index (χ1v) is 8.73. The predicted octanol–water partition coefficient (Wildman–Crippen LogP) is 2.11. The van der Waals surface area contributed by atoms with E-state index in [2.05, 4.69) is 15.6 Å². The van der Waals surface area contributed by atoms with E-state index in [1.807, 2.05) is 31.2 Å². The number of aryl methyl sites for hydroxylation is 3. The van der Waals surface area contributed by atoms with Crippen LogP contribution in [0.25, 0.3) is 10.9 Å². The molecule has 0 aliphatic carbocycles. The third kappa shape index (κ3) is 3.99. The summed E-state index contributed by atoms with van der Waals surface area (Å²) in [4.78, 5) is 24.5. The zero-order valence-corrected chi connectivity index (χ0v) is 15.6. The zero-order chi connectivity index (χ0) is 19.4. The van der Waals surface area contributed by atoms with Crippen molar-refractivity contribution in [2.24, 2.45) is 0 Å². The first kappa shape index (κ1) is 18.6. The second-order valence-corrected chi connectivity index (χ2v) is 6.27. The first-order chi connectivity index (χ1) is 13.0. The minimum Gasteiger partial charge on any atom is -0.496 e. The van der Waals surface area contributed by atoms with Gasteiger partial charge < -0.3 is 14.6 Å². The van der Waals surface area contributed by atoms with Crippen molar-refractivity contribution in [3.63, 3.8) is 0 Å². The smallest absolute Gasteiger partial charge is 0.296 e. The molecule has 0 radical (unpaired) electrons. The van der Waals surface area contributed by atoms with Gasteiger partial charge >= 0.3 is 0 Å². The van der Waals surface area contributed by atoms with E-state index in [1.54, 1.807) is 14.0 Å². The fraction of sp³-hybridized carbons (Fsp3) is 0.368. The molecule has 1 aromatic carbocycles. The van der Waals surface area contributed by atoms with Crippen molar-refractivity contribution in [2.45, 2.75) is 39.8 Å². The molecule has 3 aromatic rings. The molecule has 142 valence electrons. The summed E-state index contributed by atoms with van der Waals surface area (Å²) < 4.78 is 11.7. The van der Waals surface area contributed by atoms with Gasteiger partial charge in [-0.15, -0.1) is 0 Å². The Morgan fingerprint density at radius 3 is 2.85 bits per heavy atom. The minimum absolute atomic E-state index is 0.0935. The van der Waals surface area contributed by atoms with Crippen molar-refractivity contribution in [2.75, 3.05) is 7.11 Å². The molecule has 0 fully saturated rings. The van der Waals surface area contributed by atoms with Crippen molar-refractivity contribution in [3.05, 3.63) is 51.6 Å². The van der Waals surface area contributed by atoms with Crippen molar-refractivity contribution >= 4 is 16.8 Å². The number of hydrogen-bond donors (Lipinski definition) is 1. The molecule has 0 saturated heterocycles. The number of carbonyl (C=O) groups excluding carboxylic acids is 1. The zero-order valence-electron chi connectivity index (χ0n) is 15.6. The summed E-state index contributed by atoms with van der Waals surface area (Å²) in [6.07, 6.45) is 0.782. The van der Waals surface area contributed by atoms with Crippen molar-refractivity contribution < 1.29 is 14.1 Å². The maximum Gasteiger partial charge on any atom is 0.296 e. The second kappa shape index (κ2) is 8.03. The number of methoxy groups -OCH3 is 1. The number of nitrogens with zero attached hydrogens (tertiary/aromatic N) is 3. The first-order valence-electron chi connectivity index (χ1n) is 8.73. The molecule has 0 bridgehead atoms. The Bertz CT molecular complexity index is 1020. The topological polar surface area (TPSA) is 99.2 Å². The van der Waals surface area contributed by atoms with Gasteiger partial charge in [0.15, 0.2) is 5.52 Å². The fourth-order valence-electron chi connectivity index (χ4n) is 3.02. The lowest BCUT2D eigenvalue weighted by atomic mass is 10.2. The van der Waals surface area contributed by atoms with E-state index in [9.17, 15) is 9.59 Å². The van der Waals surface area contributed by atoms with Crippen LogP contribution in [-0.2, 0) is 17.9 Å². The molecule has 0 spiro atoms. The van der Waals surface area contributed by atoms with Crippen LogP contribution in [0.1, 0.15) is 29.9 Å². The number of fused-ring (bicyclic) bond motifs is 1. The summed E-state index contributed by atoms with van der Waals surface area (Å²) in [5.74, 6) is 1.22. The summed E-state index contributed by atoms with van der Waals surface area (Å²) in [6.45, 7) is 4.29. The van der Waals surface area contributed by atoms with Crippen LogP contribution in [0.15, 0.2) is 33.6 Å². The Morgan fingerprint density at radius 2 is 2.07 bits per heavy atom. The van der Waals surface area contributed by atoms with Crippen molar-refractivity contribution in [1.82, 2.24) is 20.3 Å². The van der Waals surface area contributed by atoms with Gasteiger partial charge in [-0.1, -0.05) is 23.4 Å². The molecular weight excluding hydrogens is 348 g/mol. The Balaban J connectivity index is 1.57. The molecule has 1 N–H and O–H groups in total. The van der Waals surface area contributed by atoms with E-state index >= 15 is 0 Å². The Labute approximate surface area is 156 Å². The normalized spacial score (nSPS) is 10.9. The Kier molecular flexibility index (Phi) is 5.54. The molecule has 0 unspecified atom stereocenters. The lowest BCUT2D eigenvalue weighted by Gasteiger charge is -2.10. The Morgan fingerprint density at radius 1 is 1.30 bits per heavy atom. The van der Waals surface area contributed by atoms with Crippen molar-refractivity contribution in [3.8, 4) is 5.75 Å². The van der Waals surface area contributed by atoms with E-state index < -0.39 is 0 Å². The van der Waals surface area contributed by atoms with Gasteiger partial charge in [0.2, 0.25) is 5.91 Å². The highest BCUT2D eigenvalue weighted by atomic mass is 16.5. The molecule has 1 amide bonds. The molecule has 0 aliphatic heterocycles. The van der Waals surface area contributed by atoms with Crippen LogP contribution in [0.5, 0.6) is 5.75 Å². The second-order valence-electron chi connectivity index (χ2n) is 6.27. The van der Waals surface area contributed by atoms with Crippen molar-refractivity contribution in [1.29, 1.82) is 0 Å². The number of ether oxygens (including phenoxy) is 1.